The Kier molecular flexibility index (Phi) is 1.71. The van der Waals surface area contributed by atoms with Gasteiger partial charge >= 0.3 is 0 Å². The summed E-state index contributed by atoms with van der Waals surface area (Å²) >= 11 is 0. The van der Waals surface area contributed by atoms with Gasteiger partial charge < -0.3 is 0 Å². The average molecular weight is 132 g/mol. The van der Waals surface area contributed by atoms with Crippen LogP contribution in [-0.4, -0.2) is 14.7 Å². The van der Waals surface area contributed by atoms with E-state index in [-0.39, 0.29) is 0 Å². The maximum atomic E-state index is 10.8. The second-order valence-electron chi connectivity index (χ2n) is 2.22. The summed E-state index contributed by atoms with van der Waals surface area (Å²) in [6.45, 7) is 4.22. The molecule has 0 aromatic heterocycles. The van der Waals surface area contributed by atoms with Gasteiger partial charge in [0.05, 0.1) is 0 Å². The van der Waals surface area contributed by atoms with E-state index in [4.69, 9.17) is 0 Å². The van der Waals surface area contributed by atoms with Gasteiger partial charge in [0.15, 0.2) is 0 Å². The molecule has 0 amide bonds. The first-order chi connectivity index (χ1) is 3.81. The third kappa shape index (κ3) is 0.815. The van der Waals surface area contributed by atoms with Gasteiger partial charge in [-0.2, -0.15) is 0 Å². The van der Waals surface area contributed by atoms with Gasteiger partial charge in [-0.15, -0.1) is 0 Å². The molecule has 1 heterocycles. The maximum Gasteiger partial charge on any atom is 0.0492 e. The van der Waals surface area contributed by atoms with Gasteiger partial charge in [0, 0.05) is 21.3 Å². The minimum Gasteiger partial charge on any atom is -0.259 e. The van der Waals surface area contributed by atoms with Crippen LogP contribution in [0.4, 0.5) is 0 Å². The highest BCUT2D eigenvalue weighted by atomic mass is 32.2. The second kappa shape index (κ2) is 2.18. The van der Waals surface area contributed by atoms with E-state index in [0.717, 1.165) is 12.8 Å². The van der Waals surface area contributed by atoms with Crippen molar-refractivity contribution in [1.82, 2.24) is 0 Å². The van der Waals surface area contributed by atoms with E-state index < -0.39 is 10.8 Å². The molecule has 1 rings (SSSR count). The minimum atomic E-state index is -0.437. The molecule has 3 atom stereocenters. The van der Waals surface area contributed by atoms with Crippen molar-refractivity contribution in [3.8, 4) is 0 Å². The molecule has 1 unspecified atom stereocenters. The predicted octanol–water partition coefficient (Wildman–Crippen LogP) is 1.31. The minimum absolute atomic E-state index is 0.437. The van der Waals surface area contributed by atoms with Gasteiger partial charge in [-0.3, -0.25) is 4.21 Å². The molecular formula is C6H12OS. The summed E-state index contributed by atoms with van der Waals surface area (Å²) < 4.78 is 10.8. The summed E-state index contributed by atoms with van der Waals surface area (Å²) in [5.41, 5.74) is 0. The van der Waals surface area contributed by atoms with Crippen LogP contribution in [0.2, 0.25) is 0 Å². The van der Waals surface area contributed by atoms with Gasteiger partial charge in [-0.05, 0) is 12.8 Å². The Balaban J connectivity index is 2.34. The summed E-state index contributed by atoms with van der Waals surface area (Å²) in [6.07, 6.45) is 2.20. The fourth-order valence-electron chi connectivity index (χ4n) is 1.13. The maximum absolute atomic E-state index is 10.8. The van der Waals surface area contributed by atoms with Crippen molar-refractivity contribution in [2.75, 3.05) is 0 Å². The topological polar surface area (TPSA) is 17.1 Å². The highest BCUT2D eigenvalue weighted by Crippen LogP contribution is 2.32. The Bertz CT molecular complexity index is 99.1. The van der Waals surface area contributed by atoms with E-state index in [1.165, 1.54) is 0 Å². The summed E-state index contributed by atoms with van der Waals surface area (Å²) in [5.74, 6) is 0. The molecule has 0 spiro atoms. The third-order valence-corrected chi connectivity index (χ3v) is 3.94. The molecule has 0 aromatic carbocycles. The molecule has 0 bridgehead atoms. The van der Waals surface area contributed by atoms with Crippen LogP contribution in [0.5, 0.6) is 0 Å². The molecule has 1 aliphatic heterocycles. The van der Waals surface area contributed by atoms with Crippen molar-refractivity contribution < 1.29 is 4.21 Å². The van der Waals surface area contributed by atoms with Crippen LogP contribution in [-0.2, 0) is 10.8 Å². The first-order valence-corrected chi connectivity index (χ1v) is 4.48. The molecule has 0 saturated carbocycles. The van der Waals surface area contributed by atoms with Gasteiger partial charge in [0.2, 0.25) is 0 Å². The Morgan fingerprint density at radius 3 is 1.75 bits per heavy atom. The van der Waals surface area contributed by atoms with Gasteiger partial charge in [0.1, 0.15) is 0 Å². The monoisotopic (exact) mass is 132 g/mol. The van der Waals surface area contributed by atoms with Gasteiger partial charge in [-0.1, -0.05) is 13.8 Å². The largest absolute Gasteiger partial charge is 0.259 e. The summed E-state index contributed by atoms with van der Waals surface area (Å²) in [6, 6.07) is 0. The lowest BCUT2D eigenvalue weighted by Gasteiger charge is -1.80. The molecule has 0 aliphatic carbocycles. The molecular weight excluding hydrogens is 120 g/mol. The molecule has 0 aromatic rings. The highest BCUT2D eigenvalue weighted by molar-refractivity contribution is 7.93. The van der Waals surface area contributed by atoms with Gasteiger partial charge in [0.25, 0.3) is 0 Å². The Morgan fingerprint density at radius 2 is 1.62 bits per heavy atom. The van der Waals surface area contributed by atoms with Crippen LogP contribution in [0.15, 0.2) is 0 Å². The fourth-order valence-corrected chi connectivity index (χ4v) is 2.87. The first kappa shape index (κ1) is 6.27. The predicted molar refractivity (Wildman–Crippen MR) is 36.3 cm³/mol. The third-order valence-electron chi connectivity index (χ3n) is 1.74. The van der Waals surface area contributed by atoms with Crippen molar-refractivity contribution in [3.05, 3.63) is 0 Å². The molecule has 8 heavy (non-hydrogen) atoms. The molecule has 48 valence electrons. The van der Waals surface area contributed by atoms with Crippen molar-refractivity contribution in [3.63, 3.8) is 0 Å². The van der Waals surface area contributed by atoms with E-state index >= 15 is 0 Å². The summed E-state index contributed by atoms with van der Waals surface area (Å²) in [5, 5.41) is 1.11. The Hall–Kier alpha value is 0.150. The van der Waals surface area contributed by atoms with E-state index in [9.17, 15) is 4.21 Å². The number of rotatable bonds is 2. The van der Waals surface area contributed by atoms with Crippen LogP contribution < -0.4 is 0 Å². The lowest BCUT2D eigenvalue weighted by Crippen LogP contribution is -1.87. The van der Waals surface area contributed by atoms with Crippen molar-refractivity contribution in [2.45, 2.75) is 37.2 Å². The van der Waals surface area contributed by atoms with Crippen LogP contribution in [0.25, 0.3) is 0 Å². The van der Waals surface area contributed by atoms with Gasteiger partial charge in [-0.25, -0.2) is 0 Å². The molecule has 1 nitrogen and oxygen atoms in total. The summed E-state index contributed by atoms with van der Waals surface area (Å²) in [4.78, 5) is 0. The zero-order chi connectivity index (χ0) is 6.15. The van der Waals surface area contributed by atoms with E-state index in [1.54, 1.807) is 0 Å². The first-order valence-electron chi connectivity index (χ1n) is 3.20. The van der Waals surface area contributed by atoms with Crippen LogP contribution in [0.3, 0.4) is 0 Å². The molecule has 0 N–H and O–H groups in total. The Morgan fingerprint density at radius 1 is 1.25 bits per heavy atom. The molecule has 1 saturated heterocycles. The quantitative estimate of drug-likeness (QED) is 0.518. The van der Waals surface area contributed by atoms with Crippen LogP contribution >= 0.6 is 0 Å². The zero-order valence-corrected chi connectivity index (χ0v) is 6.20. The number of hydrogen-bond acceptors (Lipinski definition) is 1. The van der Waals surface area contributed by atoms with Crippen molar-refractivity contribution >= 4 is 10.8 Å². The van der Waals surface area contributed by atoms with Crippen LogP contribution in [0.1, 0.15) is 26.7 Å². The highest BCUT2D eigenvalue weighted by Gasteiger charge is 2.44. The molecule has 1 fully saturated rings. The average Bonchev–Trinajstić information content (AvgIpc) is 2.40. The zero-order valence-electron chi connectivity index (χ0n) is 5.39. The fraction of sp³-hybridized carbons (Fsp3) is 1.00. The van der Waals surface area contributed by atoms with Crippen molar-refractivity contribution in [2.24, 2.45) is 0 Å². The van der Waals surface area contributed by atoms with E-state index in [0.29, 0.717) is 10.5 Å². The summed E-state index contributed by atoms with van der Waals surface area (Å²) in [7, 11) is -0.437. The second-order valence-corrected chi connectivity index (χ2v) is 4.09. The standard InChI is InChI=1S/C6H12OS/c1-3-5-6(4-2)8(5)7/h5-6H,3-4H2,1-2H3/t5-,6+,8?. The smallest absolute Gasteiger partial charge is 0.0492 e. The Labute approximate surface area is 52.9 Å². The number of hydrogen-bond donors (Lipinski definition) is 0. The lowest BCUT2D eigenvalue weighted by atomic mass is 10.2. The SMILES string of the molecule is CC[C@@H]1[C@H](CC)S1=O. The lowest BCUT2D eigenvalue weighted by molar-refractivity contribution is 0.691. The van der Waals surface area contributed by atoms with E-state index in [1.807, 2.05) is 0 Å². The molecule has 1 aliphatic rings. The normalized spacial score (nSPS) is 44.5. The molecule has 0 radical (unpaired) electrons. The molecule has 2 heteroatoms. The van der Waals surface area contributed by atoms with E-state index in [2.05, 4.69) is 13.8 Å². The van der Waals surface area contributed by atoms with Crippen LogP contribution in [0, 0.1) is 0 Å². The van der Waals surface area contributed by atoms with Crippen molar-refractivity contribution in [1.29, 1.82) is 0 Å².